The number of thioether (sulfide) groups is 1. The summed E-state index contributed by atoms with van der Waals surface area (Å²) in [5, 5.41) is 20.1. The molecule has 0 radical (unpaired) electrons. The third-order valence-electron chi connectivity index (χ3n) is 4.90. The number of ketones is 1. The first-order chi connectivity index (χ1) is 13.9. The smallest absolute Gasteiger partial charge is 0.337 e. The molecule has 1 aliphatic rings. The summed E-state index contributed by atoms with van der Waals surface area (Å²) in [4.78, 5) is 49.9. The number of amides is 1. The maximum atomic E-state index is 13.0. The number of nitro groups is 1. The van der Waals surface area contributed by atoms with Crippen LogP contribution in [0.15, 0.2) is 24.3 Å². The molecule has 9 nitrogen and oxygen atoms in total. The molecule has 164 valence electrons. The molecule has 1 amide bonds. The number of hydrogen-bond donors (Lipinski definition) is 1. The number of non-ortho nitro benzene ring substituents is 1. The van der Waals surface area contributed by atoms with E-state index in [4.69, 9.17) is 4.74 Å². The van der Waals surface area contributed by atoms with Crippen LogP contribution in [0, 0.1) is 21.4 Å². The molecule has 10 heteroatoms. The molecule has 1 unspecified atom stereocenters. The van der Waals surface area contributed by atoms with Gasteiger partial charge < -0.3 is 14.7 Å². The van der Waals surface area contributed by atoms with Gasteiger partial charge in [0, 0.05) is 17.5 Å². The van der Waals surface area contributed by atoms with Gasteiger partial charge in [0.25, 0.3) is 5.69 Å². The van der Waals surface area contributed by atoms with Crippen LogP contribution in [0.5, 0.6) is 0 Å². The first-order valence-electron chi connectivity index (χ1n) is 9.37. The first-order valence-corrected chi connectivity index (χ1v) is 10.7. The van der Waals surface area contributed by atoms with Crippen LogP contribution < -0.4 is 0 Å². The van der Waals surface area contributed by atoms with Crippen molar-refractivity contribution in [1.29, 1.82) is 0 Å². The van der Waals surface area contributed by atoms with Crippen LogP contribution in [-0.4, -0.2) is 56.4 Å². The molecule has 1 fully saturated rings. The molecule has 0 bridgehead atoms. The lowest BCUT2D eigenvalue weighted by atomic mass is 9.82. The van der Waals surface area contributed by atoms with Gasteiger partial charge in [0.2, 0.25) is 5.91 Å². The van der Waals surface area contributed by atoms with E-state index in [0.717, 1.165) is 0 Å². The van der Waals surface area contributed by atoms with Gasteiger partial charge in [-0.1, -0.05) is 20.8 Å². The van der Waals surface area contributed by atoms with E-state index in [-0.39, 0.29) is 12.3 Å². The van der Waals surface area contributed by atoms with Gasteiger partial charge in [-0.05, 0) is 30.9 Å². The fraction of sp³-hybridized carbons (Fsp3) is 0.550. The minimum Gasteiger partial charge on any atom is -0.459 e. The predicted octanol–water partition coefficient (Wildman–Crippen LogP) is 2.15. The Bertz CT molecular complexity index is 833. The highest BCUT2D eigenvalue weighted by Gasteiger charge is 2.57. The topological polar surface area (TPSA) is 127 Å². The van der Waals surface area contributed by atoms with Crippen LogP contribution >= 0.6 is 11.8 Å². The number of rotatable bonds is 8. The number of carbonyl (C=O) groups is 3. The summed E-state index contributed by atoms with van der Waals surface area (Å²) in [6, 6.07) is 4.06. The van der Waals surface area contributed by atoms with Gasteiger partial charge >= 0.3 is 5.97 Å². The third kappa shape index (κ3) is 4.81. The van der Waals surface area contributed by atoms with E-state index in [1.54, 1.807) is 27.0 Å². The van der Waals surface area contributed by atoms with E-state index >= 15 is 0 Å². The van der Waals surface area contributed by atoms with E-state index in [1.165, 1.54) is 47.9 Å². The number of aliphatic hydroxyl groups is 1. The molecule has 1 aromatic carbocycles. The van der Waals surface area contributed by atoms with Gasteiger partial charge in [0.1, 0.15) is 6.61 Å². The van der Waals surface area contributed by atoms with Gasteiger partial charge in [-0.3, -0.25) is 19.7 Å². The standard InChI is InChI=1S/C20H26N2O7S/c1-11(23)14-17(25)21(18(14)30-5)15(16(24)20(2,3)4)19(26)29-10-12-6-8-13(9-7-12)22(27)28/h6-9,11,14-15,18,23H,10H2,1-5H3/t11-,14-,15?,18+/m0/s1. The number of esters is 1. The molecule has 0 saturated carbocycles. The van der Waals surface area contributed by atoms with Crippen LogP contribution in [0.25, 0.3) is 0 Å². The molecule has 1 aromatic rings. The highest BCUT2D eigenvalue weighted by Crippen LogP contribution is 2.39. The lowest BCUT2D eigenvalue weighted by molar-refractivity contribution is -0.384. The highest BCUT2D eigenvalue weighted by atomic mass is 32.2. The van der Waals surface area contributed by atoms with E-state index < -0.39 is 51.4 Å². The van der Waals surface area contributed by atoms with Crippen LogP contribution in [0.3, 0.4) is 0 Å². The van der Waals surface area contributed by atoms with Crippen LogP contribution in [-0.2, 0) is 25.7 Å². The molecule has 0 spiro atoms. The van der Waals surface area contributed by atoms with Gasteiger partial charge in [0.05, 0.1) is 22.3 Å². The van der Waals surface area contributed by atoms with Crippen molar-refractivity contribution in [3.05, 3.63) is 39.9 Å². The second-order valence-corrected chi connectivity index (χ2v) is 9.14. The fourth-order valence-electron chi connectivity index (χ4n) is 3.19. The molecule has 0 aromatic heterocycles. The minimum atomic E-state index is -1.43. The molecule has 2 rings (SSSR count). The summed E-state index contributed by atoms with van der Waals surface area (Å²) >= 11 is 1.27. The maximum Gasteiger partial charge on any atom is 0.337 e. The zero-order chi connectivity index (χ0) is 22.8. The van der Waals surface area contributed by atoms with Crippen molar-refractivity contribution in [2.75, 3.05) is 6.26 Å². The molecule has 0 aliphatic carbocycles. The number of nitrogens with zero attached hydrogens (tertiary/aromatic N) is 2. The lowest BCUT2D eigenvalue weighted by Gasteiger charge is -2.50. The van der Waals surface area contributed by atoms with E-state index in [9.17, 15) is 29.6 Å². The number of likely N-dealkylation sites (tertiary alicyclic amines) is 1. The van der Waals surface area contributed by atoms with Gasteiger partial charge in [0.15, 0.2) is 11.8 Å². The fourth-order valence-corrected chi connectivity index (χ4v) is 4.28. The molecule has 1 heterocycles. The number of ether oxygens (including phenoxy) is 1. The zero-order valence-electron chi connectivity index (χ0n) is 17.5. The second kappa shape index (κ2) is 9.13. The molecular formula is C20H26N2O7S. The normalized spacial score (nSPS) is 20.9. The third-order valence-corrected chi connectivity index (χ3v) is 5.90. The summed E-state index contributed by atoms with van der Waals surface area (Å²) in [5.41, 5.74) is -0.492. The van der Waals surface area contributed by atoms with Crippen LogP contribution in [0.2, 0.25) is 0 Å². The first kappa shape index (κ1) is 23.8. The van der Waals surface area contributed by atoms with Crippen molar-refractivity contribution >= 4 is 35.1 Å². The number of carbonyl (C=O) groups excluding carboxylic acids is 3. The molecule has 1 aliphatic heterocycles. The largest absolute Gasteiger partial charge is 0.459 e. The highest BCUT2D eigenvalue weighted by molar-refractivity contribution is 7.99. The Morgan fingerprint density at radius 2 is 1.87 bits per heavy atom. The van der Waals surface area contributed by atoms with Gasteiger partial charge in [-0.15, -0.1) is 11.8 Å². The summed E-state index contributed by atoms with van der Waals surface area (Å²) < 4.78 is 5.31. The number of β-lactam (4-membered cyclic amide) rings is 1. The average molecular weight is 439 g/mol. The van der Waals surface area contributed by atoms with Crippen molar-refractivity contribution in [3.8, 4) is 0 Å². The Balaban J connectivity index is 2.23. The molecule has 30 heavy (non-hydrogen) atoms. The summed E-state index contributed by atoms with van der Waals surface area (Å²) in [6.45, 7) is 6.25. The molecule has 4 atom stereocenters. The van der Waals surface area contributed by atoms with Gasteiger partial charge in [-0.25, -0.2) is 4.79 Å². The van der Waals surface area contributed by atoms with E-state index in [2.05, 4.69) is 0 Å². The van der Waals surface area contributed by atoms with Crippen molar-refractivity contribution in [2.45, 2.75) is 51.8 Å². The van der Waals surface area contributed by atoms with Crippen molar-refractivity contribution in [3.63, 3.8) is 0 Å². The van der Waals surface area contributed by atoms with E-state index in [1.807, 2.05) is 0 Å². The van der Waals surface area contributed by atoms with Gasteiger partial charge in [-0.2, -0.15) is 0 Å². The Kier molecular flexibility index (Phi) is 7.25. The van der Waals surface area contributed by atoms with Crippen molar-refractivity contribution in [1.82, 2.24) is 4.90 Å². The van der Waals surface area contributed by atoms with Crippen molar-refractivity contribution in [2.24, 2.45) is 11.3 Å². The van der Waals surface area contributed by atoms with E-state index in [0.29, 0.717) is 5.56 Å². The Morgan fingerprint density at radius 1 is 1.30 bits per heavy atom. The number of aliphatic hydroxyl groups excluding tert-OH is 1. The molecule has 1 saturated heterocycles. The quantitative estimate of drug-likeness (QED) is 0.215. The van der Waals surface area contributed by atoms with Crippen LogP contribution in [0.4, 0.5) is 5.69 Å². The Morgan fingerprint density at radius 3 is 2.30 bits per heavy atom. The summed E-state index contributed by atoms with van der Waals surface area (Å²) in [5.74, 6) is -2.51. The maximum absolute atomic E-state index is 13.0. The Labute approximate surface area is 178 Å². The van der Waals surface area contributed by atoms with Crippen LogP contribution in [0.1, 0.15) is 33.3 Å². The zero-order valence-corrected chi connectivity index (χ0v) is 18.3. The lowest BCUT2D eigenvalue weighted by Crippen LogP contribution is -2.70. The minimum absolute atomic E-state index is 0.0935. The number of hydrogen-bond acceptors (Lipinski definition) is 8. The molecule has 1 N–H and O–H groups in total. The SMILES string of the molecule is CS[C@@H]1[C@@H]([C@H](C)O)C(=O)N1C(C(=O)OCc1ccc([N+](=O)[O-])cc1)C(=O)C(C)(C)C. The summed E-state index contributed by atoms with van der Waals surface area (Å²) in [6.07, 6.45) is 0.827. The predicted molar refractivity (Wildman–Crippen MR) is 110 cm³/mol. The number of nitro benzene ring substituents is 1. The second-order valence-electron chi connectivity index (χ2n) is 8.19. The monoisotopic (exact) mass is 438 g/mol. The van der Waals surface area contributed by atoms with Crippen molar-refractivity contribution < 1.29 is 29.2 Å². The molecular weight excluding hydrogens is 412 g/mol. The summed E-state index contributed by atoms with van der Waals surface area (Å²) in [7, 11) is 0. The number of benzene rings is 1. The Hall–Kier alpha value is -2.46. The average Bonchev–Trinajstić information content (AvgIpc) is 2.66. The number of Topliss-reactive ketones (excluding diaryl/α,β-unsaturated/α-hetero) is 1.